The normalized spacial score (nSPS) is 23.5. The van der Waals surface area contributed by atoms with Crippen LogP contribution in [0, 0.1) is 12.8 Å². The highest BCUT2D eigenvalue weighted by molar-refractivity contribution is 5.97. The lowest BCUT2D eigenvalue weighted by Crippen LogP contribution is -2.54. The highest BCUT2D eigenvalue weighted by atomic mass is 16.6. The molecule has 3 fully saturated rings. The number of carbonyl (C=O) groups is 1. The van der Waals surface area contributed by atoms with Gasteiger partial charge in [-0.3, -0.25) is 9.69 Å². The van der Waals surface area contributed by atoms with E-state index in [1.807, 2.05) is 12.1 Å². The van der Waals surface area contributed by atoms with Gasteiger partial charge in [-0.2, -0.15) is 0 Å². The van der Waals surface area contributed by atoms with Gasteiger partial charge in [0.25, 0.3) is 5.91 Å². The number of amides is 1. The Balaban J connectivity index is 1.15. The maximum Gasteiger partial charge on any atom is 0.251 e. The Morgan fingerprint density at radius 3 is 2.89 bits per heavy atom. The van der Waals surface area contributed by atoms with Crippen molar-refractivity contribution < 1.29 is 14.2 Å². The smallest absolute Gasteiger partial charge is 0.251 e. The van der Waals surface area contributed by atoms with Crippen molar-refractivity contribution in [3.05, 3.63) is 53.6 Å². The maximum absolute atomic E-state index is 12.6. The Morgan fingerprint density at radius 1 is 1.21 bits per heavy atom. The van der Waals surface area contributed by atoms with Crippen LogP contribution in [0.3, 0.4) is 0 Å². The summed E-state index contributed by atoms with van der Waals surface area (Å²) < 4.78 is 10.6. The molecule has 3 unspecified atom stereocenters. The molecule has 1 N–H and O–H groups in total. The van der Waals surface area contributed by atoms with E-state index in [0.717, 1.165) is 25.3 Å². The average Bonchev–Trinajstić information content (AvgIpc) is 3.41. The van der Waals surface area contributed by atoms with E-state index in [-0.39, 0.29) is 11.9 Å². The van der Waals surface area contributed by atoms with Gasteiger partial charge in [0.2, 0.25) is 0 Å². The molecule has 1 aliphatic carbocycles. The van der Waals surface area contributed by atoms with Crippen LogP contribution in [0.15, 0.2) is 47.1 Å². The van der Waals surface area contributed by atoms with Gasteiger partial charge in [-0.15, -0.1) is 0 Å². The summed E-state index contributed by atoms with van der Waals surface area (Å²) in [6, 6.07) is 14.0. The molecule has 0 spiro atoms. The van der Waals surface area contributed by atoms with Crippen molar-refractivity contribution in [1.29, 1.82) is 0 Å². The highest BCUT2D eigenvalue weighted by Crippen LogP contribution is 2.41. The number of benzene rings is 2. The number of hydrogen-bond acceptors (Lipinski definition) is 6. The number of nitrogens with one attached hydrogen (secondary N) is 1. The monoisotopic (exact) mass is 378 g/mol. The molecule has 2 bridgehead atoms. The molecule has 0 radical (unpaired) electrons. The molecule has 7 heteroatoms. The molecule has 144 valence electrons. The van der Waals surface area contributed by atoms with Crippen LogP contribution in [0.25, 0.3) is 11.0 Å². The van der Waals surface area contributed by atoms with Gasteiger partial charge < -0.3 is 10.1 Å². The van der Waals surface area contributed by atoms with E-state index < -0.39 is 0 Å². The first kappa shape index (κ1) is 17.2. The minimum atomic E-state index is -0.0673. The van der Waals surface area contributed by atoms with Gasteiger partial charge in [0.15, 0.2) is 0 Å². The van der Waals surface area contributed by atoms with Gasteiger partial charge in [-0.1, -0.05) is 17.7 Å². The topological polar surface area (TPSA) is 80.5 Å². The Morgan fingerprint density at radius 2 is 2.04 bits per heavy atom. The van der Waals surface area contributed by atoms with E-state index in [1.165, 1.54) is 5.56 Å². The number of aryl methyl sites for hydroxylation is 1. The predicted molar refractivity (Wildman–Crippen MR) is 103 cm³/mol. The van der Waals surface area contributed by atoms with Gasteiger partial charge in [0, 0.05) is 30.7 Å². The SMILES string of the molecule is Cc1ccc(OCCN2CC3CC2C3NC(=O)c2ccc3nonc3c2)cc1. The maximum atomic E-state index is 12.6. The second kappa shape index (κ2) is 6.91. The number of rotatable bonds is 6. The summed E-state index contributed by atoms with van der Waals surface area (Å²) in [6.07, 6.45) is 1.14. The number of carbonyl (C=O) groups excluding carboxylic acids is 1. The second-order valence-corrected chi connectivity index (χ2v) is 7.69. The van der Waals surface area contributed by atoms with E-state index in [1.54, 1.807) is 18.2 Å². The van der Waals surface area contributed by atoms with Gasteiger partial charge in [-0.05, 0) is 59.9 Å². The summed E-state index contributed by atoms with van der Waals surface area (Å²) in [5.41, 5.74) is 3.06. The Labute approximate surface area is 162 Å². The summed E-state index contributed by atoms with van der Waals surface area (Å²) in [5.74, 6) is 1.35. The van der Waals surface area contributed by atoms with Crippen LogP contribution in [0.1, 0.15) is 22.3 Å². The zero-order valence-electron chi connectivity index (χ0n) is 15.7. The van der Waals surface area contributed by atoms with Crippen LogP contribution in [0.5, 0.6) is 5.75 Å². The minimum Gasteiger partial charge on any atom is -0.492 e. The number of fused-ring (bicyclic) bond motifs is 2. The van der Waals surface area contributed by atoms with Gasteiger partial charge in [0.1, 0.15) is 23.4 Å². The number of ether oxygens (including phenoxy) is 1. The summed E-state index contributed by atoms with van der Waals surface area (Å²) in [7, 11) is 0. The molecule has 2 saturated heterocycles. The largest absolute Gasteiger partial charge is 0.492 e. The number of hydrogen-bond donors (Lipinski definition) is 1. The standard InChI is InChI=1S/C21H22N4O3/c1-13-2-5-16(6-3-13)27-9-8-25-12-15-11-19(25)20(15)22-21(26)14-4-7-17-18(10-14)24-28-23-17/h2-7,10,15,19-20H,8-9,11-12H2,1H3,(H,22,26). The zero-order valence-corrected chi connectivity index (χ0v) is 15.7. The molecule has 1 saturated carbocycles. The van der Waals surface area contributed by atoms with Crippen LogP contribution in [0.2, 0.25) is 0 Å². The lowest BCUT2D eigenvalue weighted by Gasteiger charge is -2.37. The fourth-order valence-corrected chi connectivity index (χ4v) is 4.27. The van der Waals surface area contributed by atoms with E-state index in [4.69, 9.17) is 9.37 Å². The fraction of sp³-hybridized carbons (Fsp3) is 0.381. The summed E-state index contributed by atoms with van der Waals surface area (Å²) in [5, 5.41) is 10.8. The molecule has 3 aliphatic rings. The van der Waals surface area contributed by atoms with Crippen LogP contribution in [0.4, 0.5) is 0 Å². The van der Waals surface area contributed by atoms with Crippen molar-refractivity contribution in [2.24, 2.45) is 5.92 Å². The Kier molecular flexibility index (Phi) is 4.24. The molecule has 2 aromatic carbocycles. The molecule has 28 heavy (non-hydrogen) atoms. The van der Waals surface area contributed by atoms with Crippen LogP contribution >= 0.6 is 0 Å². The van der Waals surface area contributed by atoms with Crippen molar-refractivity contribution in [2.45, 2.75) is 25.4 Å². The molecule has 1 amide bonds. The molecule has 3 atom stereocenters. The number of aromatic nitrogens is 2. The second-order valence-electron chi connectivity index (χ2n) is 7.69. The van der Waals surface area contributed by atoms with Gasteiger partial charge in [0.05, 0.1) is 0 Å². The van der Waals surface area contributed by atoms with Crippen molar-refractivity contribution in [3.63, 3.8) is 0 Å². The van der Waals surface area contributed by atoms with Crippen molar-refractivity contribution in [3.8, 4) is 5.75 Å². The van der Waals surface area contributed by atoms with Crippen LogP contribution in [-0.2, 0) is 0 Å². The van der Waals surface area contributed by atoms with Crippen molar-refractivity contribution in [1.82, 2.24) is 20.5 Å². The average molecular weight is 378 g/mol. The number of nitrogens with zero attached hydrogens (tertiary/aromatic N) is 3. The fourth-order valence-electron chi connectivity index (χ4n) is 4.27. The molecule has 3 aromatic rings. The molecule has 6 rings (SSSR count). The third-order valence-corrected chi connectivity index (χ3v) is 5.89. The van der Waals surface area contributed by atoms with Gasteiger partial charge >= 0.3 is 0 Å². The summed E-state index contributed by atoms with van der Waals surface area (Å²) in [4.78, 5) is 15.1. The van der Waals surface area contributed by atoms with E-state index in [9.17, 15) is 4.79 Å². The molecule has 3 heterocycles. The third-order valence-electron chi connectivity index (χ3n) is 5.89. The van der Waals surface area contributed by atoms with Crippen LogP contribution in [-0.4, -0.2) is 52.9 Å². The summed E-state index contributed by atoms with van der Waals surface area (Å²) >= 11 is 0. The highest BCUT2D eigenvalue weighted by Gasteiger charge is 2.52. The lowest BCUT2D eigenvalue weighted by atomic mass is 9.80. The minimum absolute atomic E-state index is 0.0673. The Bertz CT molecular complexity index is 1000. The molecule has 1 aromatic heterocycles. The summed E-state index contributed by atoms with van der Waals surface area (Å²) in [6.45, 7) is 4.61. The van der Waals surface area contributed by atoms with Gasteiger partial charge in [-0.25, -0.2) is 4.63 Å². The van der Waals surface area contributed by atoms with Crippen molar-refractivity contribution in [2.75, 3.05) is 19.7 Å². The lowest BCUT2D eigenvalue weighted by molar-refractivity contribution is 0.0863. The molecular formula is C21H22N4O3. The molecule has 7 nitrogen and oxygen atoms in total. The molecule has 2 aliphatic heterocycles. The first-order valence-corrected chi connectivity index (χ1v) is 9.64. The third kappa shape index (κ3) is 3.11. The quantitative estimate of drug-likeness (QED) is 0.710. The van der Waals surface area contributed by atoms with E-state index >= 15 is 0 Å². The van der Waals surface area contributed by atoms with Crippen LogP contribution < -0.4 is 10.1 Å². The first-order chi connectivity index (χ1) is 13.7. The van der Waals surface area contributed by atoms with Crippen molar-refractivity contribution >= 4 is 16.9 Å². The zero-order chi connectivity index (χ0) is 19.1. The Hall–Kier alpha value is -2.93. The first-order valence-electron chi connectivity index (χ1n) is 9.64. The van der Waals surface area contributed by atoms with E-state index in [2.05, 4.69) is 39.6 Å². The predicted octanol–water partition coefficient (Wildman–Crippen LogP) is 2.41. The molecular weight excluding hydrogens is 356 g/mol. The van der Waals surface area contributed by atoms with E-state index in [0.29, 0.717) is 35.2 Å².